The van der Waals surface area contributed by atoms with Gasteiger partial charge in [0.15, 0.2) is 0 Å². The molecule has 5 N–H and O–H groups in total. The molecule has 0 saturated carbocycles. The zero-order chi connectivity index (χ0) is 28.9. The Morgan fingerprint density at radius 3 is 2.33 bits per heavy atom. The fourth-order valence-corrected chi connectivity index (χ4v) is 4.51. The predicted octanol–water partition coefficient (Wildman–Crippen LogP) is 2.95. The molecule has 11 nitrogen and oxygen atoms in total. The van der Waals surface area contributed by atoms with Crippen molar-refractivity contribution < 1.29 is 19.5 Å². The molecule has 40 heavy (non-hydrogen) atoms. The van der Waals surface area contributed by atoms with Crippen molar-refractivity contribution in [3.05, 3.63) is 59.4 Å². The zero-order valence-electron chi connectivity index (χ0n) is 23.5. The van der Waals surface area contributed by atoms with Crippen LogP contribution in [0.5, 0.6) is 0 Å². The highest BCUT2D eigenvalue weighted by atomic mass is 35.5. The van der Waals surface area contributed by atoms with Crippen LogP contribution in [0, 0.1) is 5.41 Å². The van der Waals surface area contributed by atoms with Gasteiger partial charge in [-0.25, -0.2) is 4.98 Å². The summed E-state index contributed by atoms with van der Waals surface area (Å²) in [7, 11) is 5.24. The van der Waals surface area contributed by atoms with Crippen LogP contribution in [0.1, 0.15) is 43.6 Å². The first kappa shape index (κ1) is 32.1. The number of anilines is 1. The molecule has 0 aliphatic carbocycles. The lowest BCUT2D eigenvalue weighted by molar-refractivity contribution is -0.142. The van der Waals surface area contributed by atoms with Gasteiger partial charge in [0.05, 0.1) is 29.4 Å². The van der Waals surface area contributed by atoms with Crippen LogP contribution in [-0.4, -0.2) is 75.3 Å². The van der Waals surface area contributed by atoms with Crippen molar-refractivity contribution >= 4 is 52.7 Å². The number of imidazole rings is 1. The normalized spacial score (nSPS) is 12.2. The van der Waals surface area contributed by atoms with Crippen molar-refractivity contribution in [1.82, 2.24) is 19.4 Å². The maximum absolute atomic E-state index is 13.6. The lowest BCUT2D eigenvalue weighted by atomic mass is 9.80. The Bertz CT molecular complexity index is 1390. The second-order valence-corrected chi connectivity index (χ2v) is 9.93. The molecule has 0 aliphatic heterocycles. The number of likely N-dealkylation sites (N-methyl/N-ethyl adjacent to an activating group) is 2. The minimum absolute atomic E-state index is 0. The SMILES string of the molecule is CCN(C)C(=O)C(C)(CN(C)C(=O)CCC(=O)O)c1ccc2c(c1)nc(CNc1ccc(C(=N)N)cc1)n2C.Cl. The fourth-order valence-electron chi connectivity index (χ4n) is 4.51. The van der Waals surface area contributed by atoms with Crippen molar-refractivity contribution in [1.29, 1.82) is 5.41 Å². The number of benzene rings is 2. The number of carbonyl (C=O) groups is 3. The largest absolute Gasteiger partial charge is 0.481 e. The number of carboxylic acids is 1. The van der Waals surface area contributed by atoms with Crippen LogP contribution < -0.4 is 11.1 Å². The van der Waals surface area contributed by atoms with Gasteiger partial charge in [0.25, 0.3) is 0 Å². The summed E-state index contributed by atoms with van der Waals surface area (Å²) in [6.07, 6.45) is -0.396. The van der Waals surface area contributed by atoms with Crippen molar-refractivity contribution in [2.75, 3.05) is 32.5 Å². The van der Waals surface area contributed by atoms with Gasteiger partial charge in [-0.2, -0.15) is 0 Å². The van der Waals surface area contributed by atoms with Gasteiger partial charge in [-0.3, -0.25) is 19.8 Å². The third-order valence-corrected chi connectivity index (χ3v) is 7.08. The number of amidine groups is 1. The number of nitrogen functional groups attached to an aromatic ring is 1. The molecule has 0 radical (unpaired) electrons. The minimum atomic E-state index is -1.07. The Morgan fingerprint density at radius 2 is 1.75 bits per heavy atom. The van der Waals surface area contributed by atoms with E-state index in [2.05, 4.69) is 5.32 Å². The number of aromatic nitrogens is 2. The topological polar surface area (TPSA) is 158 Å². The first-order chi connectivity index (χ1) is 18.4. The minimum Gasteiger partial charge on any atom is -0.481 e. The van der Waals surface area contributed by atoms with Gasteiger partial charge in [-0.15, -0.1) is 12.4 Å². The Hall–Kier alpha value is -4.12. The van der Waals surface area contributed by atoms with Gasteiger partial charge >= 0.3 is 5.97 Å². The van der Waals surface area contributed by atoms with E-state index in [1.807, 2.05) is 48.9 Å². The molecule has 1 atom stereocenters. The highest BCUT2D eigenvalue weighted by Gasteiger charge is 2.39. The van der Waals surface area contributed by atoms with Crippen LogP contribution in [0.2, 0.25) is 0 Å². The lowest BCUT2D eigenvalue weighted by Crippen LogP contribution is -2.50. The van der Waals surface area contributed by atoms with Gasteiger partial charge in [0.1, 0.15) is 11.7 Å². The van der Waals surface area contributed by atoms with Crippen LogP contribution in [0.25, 0.3) is 11.0 Å². The standard InChI is InChI=1S/C28H37N7O4.ClH/c1-6-33(3)27(39)28(2,17-34(4)24(36)13-14-25(37)38)19-9-12-22-21(15-19)32-23(35(22)5)16-31-20-10-7-18(8-11-20)26(29)30;/h7-12,15,31H,6,13-14,16-17H2,1-5H3,(H3,29,30)(H,37,38);1H. The summed E-state index contributed by atoms with van der Waals surface area (Å²) in [4.78, 5) is 45.0. The molecule has 0 fully saturated rings. The zero-order valence-corrected chi connectivity index (χ0v) is 24.3. The molecule has 2 aromatic carbocycles. The summed E-state index contributed by atoms with van der Waals surface area (Å²) < 4.78 is 1.98. The van der Waals surface area contributed by atoms with E-state index in [1.54, 1.807) is 38.1 Å². The highest BCUT2D eigenvalue weighted by Crippen LogP contribution is 2.30. The molecule has 0 aliphatic rings. The highest BCUT2D eigenvalue weighted by molar-refractivity contribution is 5.95. The fraction of sp³-hybridized carbons (Fsp3) is 0.393. The number of hydrogen-bond acceptors (Lipinski definition) is 6. The Morgan fingerprint density at radius 1 is 1.10 bits per heavy atom. The molecular formula is C28H38ClN7O4. The molecule has 1 heterocycles. The number of nitrogens with two attached hydrogens (primary N) is 1. The third-order valence-electron chi connectivity index (χ3n) is 7.08. The average Bonchev–Trinajstić information content (AvgIpc) is 3.24. The second-order valence-electron chi connectivity index (χ2n) is 9.93. The van der Waals surface area contributed by atoms with Crippen LogP contribution >= 0.6 is 12.4 Å². The van der Waals surface area contributed by atoms with Gasteiger partial charge in [-0.1, -0.05) is 6.07 Å². The Labute approximate surface area is 240 Å². The van der Waals surface area contributed by atoms with E-state index in [4.69, 9.17) is 21.2 Å². The monoisotopic (exact) mass is 571 g/mol. The summed E-state index contributed by atoms with van der Waals surface area (Å²) in [6.45, 7) is 4.74. The van der Waals surface area contributed by atoms with Crippen LogP contribution in [0.4, 0.5) is 5.69 Å². The summed E-state index contributed by atoms with van der Waals surface area (Å²) in [5, 5.41) is 19.8. The molecule has 1 unspecified atom stereocenters. The molecule has 2 amide bonds. The summed E-state index contributed by atoms with van der Waals surface area (Å²) in [5.41, 5.74) is 8.31. The number of aryl methyl sites for hydroxylation is 1. The molecule has 12 heteroatoms. The Balaban J connectivity index is 0.00000560. The van der Waals surface area contributed by atoms with E-state index in [9.17, 15) is 14.4 Å². The second kappa shape index (κ2) is 13.3. The number of fused-ring (bicyclic) bond motifs is 1. The van der Waals surface area contributed by atoms with Crippen molar-refractivity contribution in [2.24, 2.45) is 12.8 Å². The van der Waals surface area contributed by atoms with E-state index < -0.39 is 11.4 Å². The molecule has 1 aromatic heterocycles. The molecule has 3 aromatic rings. The molecule has 0 bridgehead atoms. The molecular weight excluding hydrogens is 534 g/mol. The number of aliphatic carboxylic acids is 1. The number of carbonyl (C=O) groups excluding carboxylic acids is 2. The van der Waals surface area contributed by atoms with Crippen molar-refractivity contribution in [3.63, 3.8) is 0 Å². The maximum atomic E-state index is 13.6. The smallest absolute Gasteiger partial charge is 0.303 e. The third kappa shape index (κ3) is 7.09. The van der Waals surface area contributed by atoms with E-state index in [1.165, 1.54) is 4.90 Å². The number of nitrogens with one attached hydrogen (secondary N) is 2. The van der Waals surface area contributed by atoms with Gasteiger partial charge in [0.2, 0.25) is 11.8 Å². The number of carboxylic acid groups (broad SMARTS) is 1. The van der Waals surface area contributed by atoms with Gasteiger partial charge in [-0.05, 0) is 55.8 Å². The number of nitrogens with zero attached hydrogens (tertiary/aromatic N) is 4. The predicted molar refractivity (Wildman–Crippen MR) is 158 cm³/mol. The van der Waals surface area contributed by atoms with Crippen LogP contribution in [0.15, 0.2) is 42.5 Å². The molecule has 216 valence electrons. The average molecular weight is 572 g/mol. The summed E-state index contributed by atoms with van der Waals surface area (Å²) in [5.74, 6) is -0.717. The number of rotatable bonds is 12. The first-order valence-electron chi connectivity index (χ1n) is 12.7. The van der Waals surface area contributed by atoms with Gasteiger partial charge in [0, 0.05) is 51.9 Å². The van der Waals surface area contributed by atoms with E-state index in [0.29, 0.717) is 18.7 Å². The van der Waals surface area contributed by atoms with Gasteiger partial charge < -0.3 is 30.5 Å². The van der Waals surface area contributed by atoms with E-state index in [-0.39, 0.29) is 49.4 Å². The first-order valence-corrected chi connectivity index (χ1v) is 12.7. The van der Waals surface area contributed by atoms with Crippen LogP contribution in [-0.2, 0) is 33.4 Å². The van der Waals surface area contributed by atoms with Crippen molar-refractivity contribution in [2.45, 2.75) is 38.6 Å². The lowest BCUT2D eigenvalue weighted by Gasteiger charge is -2.36. The maximum Gasteiger partial charge on any atom is 0.303 e. The summed E-state index contributed by atoms with van der Waals surface area (Å²) >= 11 is 0. The van der Waals surface area contributed by atoms with E-state index in [0.717, 1.165) is 28.1 Å². The van der Waals surface area contributed by atoms with Crippen LogP contribution in [0.3, 0.4) is 0 Å². The molecule has 3 rings (SSSR count). The van der Waals surface area contributed by atoms with Crippen molar-refractivity contribution in [3.8, 4) is 0 Å². The number of halogens is 1. The molecule has 0 spiro atoms. The quantitative estimate of drug-likeness (QED) is 0.192. The summed E-state index contributed by atoms with van der Waals surface area (Å²) in [6, 6.07) is 13.0. The Kier molecular flexibility index (Phi) is 10.7. The molecule has 0 saturated heterocycles. The number of hydrogen-bond donors (Lipinski definition) is 4. The number of amides is 2. The van der Waals surface area contributed by atoms with E-state index >= 15 is 0 Å².